The van der Waals surface area contributed by atoms with E-state index in [0.29, 0.717) is 6.04 Å². The largest absolute Gasteiger partial charge is 0.369 e. The fraction of sp³-hybridized carbons (Fsp3) is 0.700. The summed E-state index contributed by atoms with van der Waals surface area (Å²) in [5.74, 6) is 1.07. The zero-order valence-electron chi connectivity index (χ0n) is 9.11. The summed E-state index contributed by atoms with van der Waals surface area (Å²) in [5, 5.41) is 10.9. The molecule has 0 aromatic carbocycles. The Bertz CT molecular complexity index is 305. The third kappa shape index (κ3) is 2.30. The number of rotatable bonds is 5. The zero-order valence-corrected chi connectivity index (χ0v) is 9.11. The van der Waals surface area contributed by atoms with Crippen LogP contribution in [0.4, 0.5) is 5.82 Å². The molecular formula is C10H19N5. The van der Waals surface area contributed by atoms with E-state index in [-0.39, 0.29) is 6.04 Å². The molecule has 0 amide bonds. The number of anilines is 1. The number of hydrogen-bond acceptors (Lipinski definition) is 4. The normalized spacial score (nSPS) is 18.5. The van der Waals surface area contributed by atoms with Crippen LogP contribution in [-0.2, 0) is 0 Å². The quantitative estimate of drug-likeness (QED) is 0.647. The maximum Gasteiger partial charge on any atom is 0.124 e. The van der Waals surface area contributed by atoms with E-state index in [2.05, 4.69) is 22.7 Å². The lowest BCUT2D eigenvalue weighted by Crippen LogP contribution is -2.44. The second-order valence-corrected chi connectivity index (χ2v) is 4.02. The van der Waals surface area contributed by atoms with Crippen molar-refractivity contribution in [3.63, 3.8) is 0 Å². The molecule has 1 fully saturated rings. The monoisotopic (exact) mass is 209 g/mol. The average Bonchev–Trinajstić information content (AvgIpc) is 2.60. The number of nitrogens with two attached hydrogens (primary N) is 1. The van der Waals surface area contributed by atoms with E-state index in [4.69, 9.17) is 5.73 Å². The first-order valence-corrected chi connectivity index (χ1v) is 5.55. The summed E-state index contributed by atoms with van der Waals surface area (Å²) in [7, 11) is 0. The van der Waals surface area contributed by atoms with Gasteiger partial charge < -0.3 is 16.4 Å². The standard InChI is InChI=1S/C10H19N5/c1-2-8(11)5-13-10-3-4-14-15(10)9-6-12-7-9/h3-4,8-9,12-13H,2,5-7,11H2,1H3/t8-/m0/s1. The molecule has 1 aliphatic rings. The van der Waals surface area contributed by atoms with Gasteiger partial charge in [-0.1, -0.05) is 6.92 Å². The van der Waals surface area contributed by atoms with Crippen LogP contribution in [0.15, 0.2) is 12.3 Å². The fourth-order valence-electron chi connectivity index (χ4n) is 1.57. The van der Waals surface area contributed by atoms with Crippen molar-refractivity contribution in [2.75, 3.05) is 25.0 Å². The Balaban J connectivity index is 1.92. The zero-order chi connectivity index (χ0) is 10.7. The highest BCUT2D eigenvalue weighted by Crippen LogP contribution is 2.17. The Labute approximate surface area is 90.0 Å². The molecule has 0 aliphatic carbocycles. The van der Waals surface area contributed by atoms with E-state index in [1.807, 2.05) is 16.9 Å². The Morgan fingerprint density at radius 3 is 3.13 bits per heavy atom. The van der Waals surface area contributed by atoms with E-state index in [1.54, 1.807) is 0 Å². The minimum atomic E-state index is 0.216. The van der Waals surface area contributed by atoms with Crippen LogP contribution < -0.4 is 16.4 Å². The lowest BCUT2D eigenvalue weighted by atomic mass is 10.2. The molecule has 4 N–H and O–H groups in total. The van der Waals surface area contributed by atoms with Crippen molar-refractivity contribution >= 4 is 5.82 Å². The molecule has 0 spiro atoms. The first-order chi connectivity index (χ1) is 7.31. The number of nitrogens with one attached hydrogen (secondary N) is 2. The summed E-state index contributed by atoms with van der Waals surface area (Å²) >= 11 is 0. The minimum absolute atomic E-state index is 0.216. The molecule has 1 saturated heterocycles. The van der Waals surface area contributed by atoms with Crippen LogP contribution in [-0.4, -0.2) is 35.5 Å². The van der Waals surface area contributed by atoms with E-state index < -0.39 is 0 Å². The second kappa shape index (κ2) is 4.63. The van der Waals surface area contributed by atoms with Gasteiger partial charge in [-0.3, -0.25) is 0 Å². The van der Waals surface area contributed by atoms with Gasteiger partial charge in [0.2, 0.25) is 0 Å². The molecular weight excluding hydrogens is 190 g/mol. The van der Waals surface area contributed by atoms with Crippen LogP contribution in [0, 0.1) is 0 Å². The van der Waals surface area contributed by atoms with E-state index >= 15 is 0 Å². The average molecular weight is 209 g/mol. The summed E-state index contributed by atoms with van der Waals surface area (Å²) < 4.78 is 2.04. The molecule has 2 rings (SSSR count). The van der Waals surface area contributed by atoms with Crippen LogP contribution in [0.2, 0.25) is 0 Å². The summed E-state index contributed by atoms with van der Waals surface area (Å²) in [6.45, 7) is 4.92. The van der Waals surface area contributed by atoms with Gasteiger partial charge in [-0.2, -0.15) is 5.10 Å². The van der Waals surface area contributed by atoms with Crippen LogP contribution in [0.5, 0.6) is 0 Å². The molecule has 15 heavy (non-hydrogen) atoms. The predicted molar refractivity (Wildman–Crippen MR) is 60.9 cm³/mol. The van der Waals surface area contributed by atoms with Gasteiger partial charge in [-0.25, -0.2) is 4.68 Å². The molecule has 1 aromatic heterocycles. The van der Waals surface area contributed by atoms with Gasteiger partial charge in [-0.15, -0.1) is 0 Å². The van der Waals surface area contributed by atoms with Crippen molar-refractivity contribution in [3.05, 3.63) is 12.3 Å². The smallest absolute Gasteiger partial charge is 0.124 e. The summed E-state index contributed by atoms with van der Waals surface area (Å²) in [5.41, 5.74) is 5.86. The van der Waals surface area contributed by atoms with Gasteiger partial charge >= 0.3 is 0 Å². The summed E-state index contributed by atoms with van der Waals surface area (Å²) in [6.07, 6.45) is 2.82. The molecule has 84 valence electrons. The van der Waals surface area contributed by atoms with Gasteiger partial charge in [0.05, 0.1) is 12.2 Å². The van der Waals surface area contributed by atoms with Gasteiger partial charge in [0, 0.05) is 31.7 Å². The van der Waals surface area contributed by atoms with Gasteiger partial charge in [-0.05, 0) is 6.42 Å². The minimum Gasteiger partial charge on any atom is -0.369 e. The molecule has 2 heterocycles. The summed E-state index contributed by atoms with van der Waals surface area (Å²) in [6, 6.07) is 2.72. The van der Waals surface area contributed by atoms with Gasteiger partial charge in [0.15, 0.2) is 0 Å². The molecule has 1 aliphatic heterocycles. The second-order valence-electron chi connectivity index (χ2n) is 4.02. The molecule has 0 bridgehead atoms. The topological polar surface area (TPSA) is 67.9 Å². The Hall–Kier alpha value is -1.07. The summed E-state index contributed by atoms with van der Waals surface area (Å²) in [4.78, 5) is 0. The van der Waals surface area contributed by atoms with E-state index in [9.17, 15) is 0 Å². The third-order valence-corrected chi connectivity index (χ3v) is 2.85. The first-order valence-electron chi connectivity index (χ1n) is 5.55. The van der Waals surface area contributed by atoms with E-state index in [1.165, 1.54) is 0 Å². The van der Waals surface area contributed by atoms with Crippen LogP contribution >= 0.6 is 0 Å². The van der Waals surface area contributed by atoms with Crippen LogP contribution in [0.25, 0.3) is 0 Å². The molecule has 0 radical (unpaired) electrons. The van der Waals surface area contributed by atoms with Gasteiger partial charge in [0.25, 0.3) is 0 Å². The highest BCUT2D eigenvalue weighted by Gasteiger charge is 2.21. The molecule has 5 nitrogen and oxygen atoms in total. The SMILES string of the molecule is CC[C@H](N)CNc1ccnn1C1CNC1. The van der Waals surface area contributed by atoms with E-state index in [0.717, 1.165) is 31.9 Å². The van der Waals surface area contributed by atoms with Crippen LogP contribution in [0.3, 0.4) is 0 Å². The highest BCUT2D eigenvalue weighted by molar-refractivity contribution is 5.35. The number of nitrogens with zero attached hydrogens (tertiary/aromatic N) is 2. The Morgan fingerprint density at radius 2 is 2.53 bits per heavy atom. The van der Waals surface area contributed by atoms with Crippen molar-refractivity contribution in [2.45, 2.75) is 25.4 Å². The number of aromatic nitrogens is 2. The van der Waals surface area contributed by atoms with Crippen molar-refractivity contribution in [1.82, 2.24) is 15.1 Å². The highest BCUT2D eigenvalue weighted by atomic mass is 15.4. The van der Waals surface area contributed by atoms with Crippen molar-refractivity contribution in [3.8, 4) is 0 Å². The van der Waals surface area contributed by atoms with Gasteiger partial charge in [0.1, 0.15) is 5.82 Å². The lowest BCUT2D eigenvalue weighted by molar-refractivity contribution is 0.321. The Kier molecular flexibility index (Phi) is 3.23. The molecule has 1 aromatic rings. The number of hydrogen-bond donors (Lipinski definition) is 3. The van der Waals surface area contributed by atoms with Crippen molar-refractivity contribution in [2.24, 2.45) is 5.73 Å². The lowest BCUT2D eigenvalue weighted by Gasteiger charge is -2.29. The first kappa shape index (κ1) is 10.4. The molecule has 0 unspecified atom stereocenters. The molecule has 0 saturated carbocycles. The third-order valence-electron chi connectivity index (χ3n) is 2.85. The Morgan fingerprint density at radius 1 is 1.73 bits per heavy atom. The fourth-order valence-corrected chi connectivity index (χ4v) is 1.57. The van der Waals surface area contributed by atoms with Crippen LogP contribution in [0.1, 0.15) is 19.4 Å². The van der Waals surface area contributed by atoms with Crippen molar-refractivity contribution < 1.29 is 0 Å². The van der Waals surface area contributed by atoms with Crippen molar-refractivity contribution in [1.29, 1.82) is 0 Å². The molecule has 1 atom stereocenters. The maximum atomic E-state index is 5.86. The molecule has 5 heteroatoms. The predicted octanol–water partition coefficient (Wildman–Crippen LogP) is 0.177. The maximum absolute atomic E-state index is 5.86.